The van der Waals surface area contributed by atoms with E-state index in [-0.39, 0.29) is 10.7 Å². The molecule has 4 rings (SSSR count). The molecular formula is C21H14ClFN2O3S2. The van der Waals surface area contributed by atoms with Gasteiger partial charge in [0, 0.05) is 18.0 Å². The molecule has 0 unspecified atom stereocenters. The number of benzene rings is 2. The third kappa shape index (κ3) is 4.56. The lowest BCUT2D eigenvalue weighted by Crippen LogP contribution is -1.98. The van der Waals surface area contributed by atoms with Gasteiger partial charge in [0.05, 0.1) is 16.1 Å². The largest absolute Gasteiger partial charge is 0.429 e. The van der Waals surface area contributed by atoms with Crippen LogP contribution in [-0.2, 0) is 9.84 Å². The van der Waals surface area contributed by atoms with Crippen molar-refractivity contribution in [3.8, 4) is 22.6 Å². The van der Waals surface area contributed by atoms with E-state index >= 15 is 0 Å². The summed E-state index contributed by atoms with van der Waals surface area (Å²) >= 11 is 7.13. The zero-order valence-corrected chi connectivity index (χ0v) is 17.9. The number of rotatable bonds is 5. The van der Waals surface area contributed by atoms with Gasteiger partial charge < -0.3 is 4.42 Å². The smallest absolute Gasteiger partial charge is 0.228 e. The van der Waals surface area contributed by atoms with E-state index in [4.69, 9.17) is 16.0 Å². The van der Waals surface area contributed by atoms with Crippen molar-refractivity contribution >= 4 is 33.2 Å². The maximum atomic E-state index is 13.4. The van der Waals surface area contributed by atoms with Crippen LogP contribution in [0.15, 0.2) is 86.4 Å². The van der Waals surface area contributed by atoms with Gasteiger partial charge in [0.1, 0.15) is 10.8 Å². The van der Waals surface area contributed by atoms with Gasteiger partial charge in [-0.3, -0.25) is 0 Å². The van der Waals surface area contributed by atoms with E-state index in [1.807, 2.05) is 0 Å². The highest BCUT2D eigenvalue weighted by molar-refractivity contribution is 7.99. The number of oxazole rings is 1. The molecule has 0 saturated heterocycles. The van der Waals surface area contributed by atoms with Crippen molar-refractivity contribution in [1.29, 1.82) is 0 Å². The number of pyridine rings is 1. The molecule has 0 spiro atoms. The molecule has 2 aromatic heterocycles. The van der Waals surface area contributed by atoms with Gasteiger partial charge in [0.2, 0.25) is 5.89 Å². The van der Waals surface area contributed by atoms with Crippen LogP contribution >= 0.6 is 23.4 Å². The minimum Gasteiger partial charge on any atom is -0.429 e. The van der Waals surface area contributed by atoms with Crippen LogP contribution in [0.5, 0.6) is 0 Å². The Morgan fingerprint density at radius 2 is 1.73 bits per heavy atom. The zero-order valence-electron chi connectivity index (χ0n) is 15.5. The standard InChI is InChI=1S/C21H14ClFN2O3S2/c1-30(26,27)16-7-8-17(18(10-16)13-2-5-15(23)6-3-13)21-25-12-20(28-21)29-19-9-4-14(22)11-24-19/h2-12H,1H3. The quantitative estimate of drug-likeness (QED) is 0.377. The first-order valence-electron chi connectivity index (χ1n) is 8.65. The van der Waals surface area contributed by atoms with Gasteiger partial charge >= 0.3 is 0 Å². The molecule has 0 bridgehead atoms. The van der Waals surface area contributed by atoms with Gasteiger partial charge in [-0.2, -0.15) is 0 Å². The van der Waals surface area contributed by atoms with Crippen molar-refractivity contribution < 1.29 is 17.2 Å². The van der Waals surface area contributed by atoms with Crippen molar-refractivity contribution in [3.05, 3.63) is 77.8 Å². The molecule has 0 amide bonds. The average Bonchev–Trinajstić information content (AvgIpc) is 3.17. The molecule has 30 heavy (non-hydrogen) atoms. The summed E-state index contributed by atoms with van der Waals surface area (Å²) < 4.78 is 43.3. The van der Waals surface area contributed by atoms with E-state index in [9.17, 15) is 12.8 Å². The first-order valence-corrected chi connectivity index (χ1v) is 11.7. The van der Waals surface area contributed by atoms with E-state index < -0.39 is 9.84 Å². The SMILES string of the molecule is CS(=O)(=O)c1ccc(-c2ncc(Sc3ccc(Cl)cn3)o2)c(-c2ccc(F)cc2)c1. The normalized spacial score (nSPS) is 11.6. The van der Waals surface area contributed by atoms with Gasteiger partial charge in [-0.25, -0.2) is 22.8 Å². The Labute approximate surface area is 181 Å². The van der Waals surface area contributed by atoms with Crippen molar-refractivity contribution in [2.75, 3.05) is 6.26 Å². The average molecular weight is 461 g/mol. The Morgan fingerprint density at radius 1 is 0.967 bits per heavy atom. The van der Waals surface area contributed by atoms with Gasteiger partial charge in [-0.1, -0.05) is 23.7 Å². The van der Waals surface area contributed by atoms with E-state index in [2.05, 4.69) is 9.97 Å². The molecule has 0 fully saturated rings. The van der Waals surface area contributed by atoms with Crippen LogP contribution in [-0.4, -0.2) is 24.6 Å². The summed E-state index contributed by atoms with van der Waals surface area (Å²) in [4.78, 5) is 8.69. The number of hydrogen-bond donors (Lipinski definition) is 0. The maximum absolute atomic E-state index is 13.4. The third-order valence-electron chi connectivity index (χ3n) is 4.19. The Morgan fingerprint density at radius 3 is 2.40 bits per heavy atom. The summed E-state index contributed by atoms with van der Waals surface area (Å²) in [5.74, 6) is -0.0734. The zero-order chi connectivity index (χ0) is 21.3. The monoisotopic (exact) mass is 460 g/mol. The Kier molecular flexibility index (Phi) is 5.64. The second-order valence-corrected chi connectivity index (χ2v) is 9.86. The summed E-state index contributed by atoms with van der Waals surface area (Å²) in [5, 5.41) is 1.73. The molecule has 2 aromatic carbocycles. The molecule has 0 aliphatic heterocycles. The van der Waals surface area contributed by atoms with Crippen LogP contribution in [0.1, 0.15) is 0 Å². The van der Waals surface area contributed by atoms with Crippen molar-refractivity contribution in [2.45, 2.75) is 15.0 Å². The molecule has 0 atom stereocenters. The Bertz CT molecular complexity index is 1310. The van der Waals surface area contributed by atoms with Crippen molar-refractivity contribution in [2.24, 2.45) is 0 Å². The Balaban J connectivity index is 1.75. The summed E-state index contributed by atoms with van der Waals surface area (Å²) in [6.07, 6.45) is 4.24. The lowest BCUT2D eigenvalue weighted by molar-refractivity contribution is 0.484. The Hall–Kier alpha value is -2.68. The van der Waals surface area contributed by atoms with Gasteiger partial charge in [-0.05, 0) is 65.4 Å². The maximum Gasteiger partial charge on any atom is 0.228 e. The van der Waals surface area contributed by atoms with Crippen LogP contribution in [0.25, 0.3) is 22.6 Å². The summed E-state index contributed by atoms with van der Waals surface area (Å²) in [6.45, 7) is 0. The summed E-state index contributed by atoms with van der Waals surface area (Å²) in [7, 11) is -3.43. The van der Waals surface area contributed by atoms with E-state index in [1.165, 1.54) is 42.2 Å². The predicted molar refractivity (Wildman–Crippen MR) is 114 cm³/mol. The van der Waals surface area contributed by atoms with Crippen LogP contribution in [0, 0.1) is 5.82 Å². The molecule has 9 heteroatoms. The number of sulfone groups is 1. The lowest BCUT2D eigenvalue weighted by Gasteiger charge is -2.09. The summed E-state index contributed by atoms with van der Waals surface area (Å²) in [6, 6.07) is 13.9. The van der Waals surface area contributed by atoms with Crippen LogP contribution in [0.3, 0.4) is 0 Å². The first kappa shape index (κ1) is 20.6. The van der Waals surface area contributed by atoms with E-state index in [1.54, 1.807) is 36.5 Å². The minimum absolute atomic E-state index is 0.150. The van der Waals surface area contributed by atoms with Crippen molar-refractivity contribution in [3.63, 3.8) is 0 Å². The molecule has 5 nitrogen and oxygen atoms in total. The minimum atomic E-state index is -3.43. The van der Waals surface area contributed by atoms with Gasteiger partial charge in [0.25, 0.3) is 0 Å². The molecule has 0 N–H and O–H groups in total. The highest BCUT2D eigenvalue weighted by atomic mass is 35.5. The van der Waals surface area contributed by atoms with Crippen molar-refractivity contribution in [1.82, 2.24) is 9.97 Å². The topological polar surface area (TPSA) is 73.1 Å². The third-order valence-corrected chi connectivity index (χ3v) is 6.37. The first-order chi connectivity index (χ1) is 14.3. The number of hydrogen-bond acceptors (Lipinski definition) is 6. The van der Waals surface area contributed by atoms with E-state index in [0.717, 1.165) is 6.26 Å². The number of aromatic nitrogens is 2. The molecule has 0 radical (unpaired) electrons. The second-order valence-electron chi connectivity index (χ2n) is 6.39. The van der Waals surface area contributed by atoms with Gasteiger partial charge in [0.15, 0.2) is 14.9 Å². The fourth-order valence-corrected chi connectivity index (χ4v) is 4.20. The fraction of sp³-hybridized carbons (Fsp3) is 0.0476. The second kappa shape index (κ2) is 8.22. The molecule has 0 aliphatic rings. The van der Waals surface area contributed by atoms with Crippen LogP contribution < -0.4 is 0 Å². The molecule has 4 aromatic rings. The molecule has 2 heterocycles. The number of nitrogens with zero attached hydrogens (tertiary/aromatic N) is 2. The fourth-order valence-electron chi connectivity index (χ4n) is 2.77. The number of halogens is 2. The predicted octanol–water partition coefficient (Wildman–Crippen LogP) is 5.75. The highest BCUT2D eigenvalue weighted by Gasteiger charge is 2.17. The highest BCUT2D eigenvalue weighted by Crippen LogP contribution is 2.36. The lowest BCUT2D eigenvalue weighted by atomic mass is 9.99. The molecular weight excluding hydrogens is 447 g/mol. The molecule has 152 valence electrons. The van der Waals surface area contributed by atoms with Crippen LogP contribution in [0.4, 0.5) is 4.39 Å². The summed E-state index contributed by atoms with van der Waals surface area (Å²) in [5.41, 5.74) is 1.80. The molecule has 0 saturated carbocycles. The molecule has 0 aliphatic carbocycles. The van der Waals surface area contributed by atoms with Gasteiger partial charge in [-0.15, -0.1) is 0 Å². The van der Waals surface area contributed by atoms with E-state index in [0.29, 0.717) is 37.7 Å². The van der Waals surface area contributed by atoms with Crippen LogP contribution in [0.2, 0.25) is 5.02 Å².